The Bertz CT molecular complexity index is 298. The number of hydrogen-bond acceptors (Lipinski definition) is 3. The van der Waals surface area contributed by atoms with Crippen molar-refractivity contribution in [2.45, 2.75) is 37.8 Å². The summed E-state index contributed by atoms with van der Waals surface area (Å²) in [7, 11) is 1.79. The number of carbonyl (C=O) groups is 2. The van der Waals surface area contributed by atoms with E-state index in [2.05, 4.69) is 5.32 Å². The van der Waals surface area contributed by atoms with Gasteiger partial charge in [0.25, 0.3) is 0 Å². The summed E-state index contributed by atoms with van der Waals surface area (Å²) in [4.78, 5) is 24.3. The van der Waals surface area contributed by atoms with Crippen LogP contribution in [0.15, 0.2) is 0 Å². The van der Waals surface area contributed by atoms with E-state index in [1.54, 1.807) is 11.9 Å². The zero-order chi connectivity index (χ0) is 11.7. The smallest absolute Gasteiger partial charge is 0.320 e. The van der Waals surface area contributed by atoms with E-state index in [9.17, 15) is 9.59 Å². The monoisotopic (exact) mass is 226 g/mol. The average Bonchev–Trinajstić information content (AvgIpc) is 3.07. The third-order valence-corrected chi connectivity index (χ3v) is 3.32. The lowest BCUT2D eigenvalue weighted by Crippen LogP contribution is -2.45. The highest BCUT2D eigenvalue weighted by molar-refractivity contribution is 5.80. The number of carboxylic acids is 1. The van der Waals surface area contributed by atoms with Gasteiger partial charge in [0.2, 0.25) is 5.91 Å². The third kappa shape index (κ3) is 2.72. The molecular formula is C11H18N2O3. The van der Waals surface area contributed by atoms with Crippen LogP contribution in [0, 0.1) is 5.92 Å². The molecule has 1 atom stereocenters. The number of aliphatic carboxylic acids is 1. The van der Waals surface area contributed by atoms with E-state index < -0.39 is 12.0 Å². The van der Waals surface area contributed by atoms with Gasteiger partial charge in [-0.15, -0.1) is 0 Å². The van der Waals surface area contributed by atoms with Crippen molar-refractivity contribution in [2.75, 3.05) is 13.6 Å². The molecule has 16 heavy (non-hydrogen) atoms. The molecule has 2 rings (SSSR count). The lowest BCUT2D eigenvalue weighted by atomic mass is 10.2. The minimum atomic E-state index is -0.843. The van der Waals surface area contributed by atoms with Crippen molar-refractivity contribution in [1.82, 2.24) is 10.2 Å². The van der Waals surface area contributed by atoms with Gasteiger partial charge < -0.3 is 10.0 Å². The minimum absolute atomic E-state index is 0.00519. The lowest BCUT2D eigenvalue weighted by Gasteiger charge is -2.19. The summed E-state index contributed by atoms with van der Waals surface area (Å²) in [6.45, 7) is 0.139. The van der Waals surface area contributed by atoms with E-state index in [4.69, 9.17) is 5.11 Å². The molecular weight excluding hydrogens is 208 g/mol. The van der Waals surface area contributed by atoms with E-state index in [0.717, 1.165) is 25.7 Å². The molecule has 0 aliphatic heterocycles. The Morgan fingerprint density at radius 1 is 1.38 bits per heavy atom. The van der Waals surface area contributed by atoms with Crippen molar-refractivity contribution in [3.8, 4) is 0 Å². The maximum absolute atomic E-state index is 11.7. The van der Waals surface area contributed by atoms with Crippen molar-refractivity contribution < 1.29 is 14.7 Å². The SMILES string of the molecule is CN(C(=O)CNC(C(=O)O)C1CC1)C1CC1. The van der Waals surface area contributed by atoms with E-state index >= 15 is 0 Å². The molecule has 2 N–H and O–H groups in total. The molecule has 0 aromatic heterocycles. The Hall–Kier alpha value is -1.10. The van der Waals surface area contributed by atoms with Gasteiger partial charge >= 0.3 is 5.97 Å². The lowest BCUT2D eigenvalue weighted by molar-refractivity contribution is -0.140. The predicted octanol–water partition coefficient (Wildman–Crippen LogP) is 0.0600. The largest absolute Gasteiger partial charge is 0.480 e. The Balaban J connectivity index is 1.76. The molecule has 90 valence electrons. The Morgan fingerprint density at radius 2 is 2.00 bits per heavy atom. The second-order valence-electron chi connectivity index (χ2n) is 4.77. The molecule has 0 aromatic rings. The molecule has 2 aliphatic rings. The summed E-state index contributed by atoms with van der Waals surface area (Å²) in [5.41, 5.74) is 0. The fourth-order valence-electron chi connectivity index (χ4n) is 1.87. The van der Waals surface area contributed by atoms with Gasteiger partial charge in [-0.05, 0) is 31.6 Å². The van der Waals surface area contributed by atoms with Crippen molar-refractivity contribution >= 4 is 11.9 Å². The summed E-state index contributed by atoms with van der Waals surface area (Å²) in [6, 6.07) is -0.157. The van der Waals surface area contributed by atoms with E-state index in [1.807, 2.05) is 0 Å². The highest BCUT2D eigenvalue weighted by Crippen LogP contribution is 2.32. The van der Waals surface area contributed by atoms with Crippen molar-refractivity contribution in [1.29, 1.82) is 0 Å². The van der Waals surface area contributed by atoms with E-state index in [-0.39, 0.29) is 18.4 Å². The molecule has 0 heterocycles. The number of nitrogens with one attached hydrogen (secondary N) is 1. The molecule has 2 fully saturated rings. The molecule has 5 heteroatoms. The van der Waals surface area contributed by atoms with Crippen molar-refractivity contribution in [3.05, 3.63) is 0 Å². The fraction of sp³-hybridized carbons (Fsp3) is 0.818. The highest BCUT2D eigenvalue weighted by Gasteiger charge is 2.37. The molecule has 0 aromatic carbocycles. The maximum Gasteiger partial charge on any atom is 0.320 e. The minimum Gasteiger partial charge on any atom is -0.480 e. The van der Waals surface area contributed by atoms with Crippen LogP contribution in [-0.2, 0) is 9.59 Å². The number of nitrogens with zero attached hydrogens (tertiary/aromatic N) is 1. The Kier molecular flexibility index (Phi) is 3.14. The van der Waals surface area contributed by atoms with E-state index in [1.165, 1.54) is 0 Å². The van der Waals surface area contributed by atoms with Crippen LogP contribution in [0.4, 0.5) is 0 Å². The van der Waals surface area contributed by atoms with Gasteiger partial charge in [-0.1, -0.05) is 0 Å². The van der Waals surface area contributed by atoms with Gasteiger partial charge in [0.1, 0.15) is 6.04 Å². The van der Waals surface area contributed by atoms with Gasteiger partial charge in [-0.2, -0.15) is 0 Å². The normalized spacial score (nSPS) is 21.6. The van der Waals surface area contributed by atoms with Gasteiger partial charge in [-0.25, -0.2) is 0 Å². The second kappa shape index (κ2) is 4.41. The maximum atomic E-state index is 11.7. The quantitative estimate of drug-likeness (QED) is 0.672. The molecule has 1 amide bonds. The zero-order valence-corrected chi connectivity index (χ0v) is 9.48. The van der Waals surface area contributed by atoms with Gasteiger partial charge in [0.05, 0.1) is 6.54 Å². The van der Waals surface area contributed by atoms with Gasteiger partial charge in [-0.3, -0.25) is 14.9 Å². The van der Waals surface area contributed by atoms with Crippen LogP contribution >= 0.6 is 0 Å². The van der Waals surface area contributed by atoms with Crippen LogP contribution in [0.5, 0.6) is 0 Å². The zero-order valence-electron chi connectivity index (χ0n) is 9.48. The van der Waals surface area contributed by atoms with Gasteiger partial charge in [0.15, 0.2) is 0 Å². The Labute approximate surface area is 94.8 Å². The van der Waals surface area contributed by atoms with Crippen LogP contribution in [-0.4, -0.2) is 47.6 Å². The van der Waals surface area contributed by atoms with E-state index in [0.29, 0.717) is 6.04 Å². The first-order valence-corrected chi connectivity index (χ1v) is 5.81. The number of rotatable bonds is 6. The van der Waals surface area contributed by atoms with Crippen LogP contribution in [0.25, 0.3) is 0 Å². The highest BCUT2D eigenvalue weighted by atomic mass is 16.4. The van der Waals surface area contributed by atoms with Crippen LogP contribution in [0.1, 0.15) is 25.7 Å². The van der Waals surface area contributed by atoms with Crippen LogP contribution in [0.3, 0.4) is 0 Å². The first kappa shape index (κ1) is 11.4. The van der Waals surface area contributed by atoms with Crippen molar-refractivity contribution in [3.63, 3.8) is 0 Å². The standard InChI is InChI=1S/C11H18N2O3/c1-13(8-4-5-8)9(14)6-12-10(11(15)16)7-2-3-7/h7-8,10,12H,2-6H2,1H3,(H,15,16). The topological polar surface area (TPSA) is 69.6 Å². The number of likely N-dealkylation sites (N-methyl/N-ethyl adjacent to an activating group) is 1. The molecule has 0 spiro atoms. The second-order valence-corrected chi connectivity index (χ2v) is 4.77. The first-order valence-electron chi connectivity index (χ1n) is 5.81. The third-order valence-electron chi connectivity index (χ3n) is 3.32. The number of carbonyl (C=O) groups excluding carboxylic acids is 1. The molecule has 5 nitrogen and oxygen atoms in total. The summed E-state index contributed by atoms with van der Waals surface area (Å²) in [5.74, 6) is -0.629. The molecule has 2 saturated carbocycles. The summed E-state index contributed by atoms with van der Waals surface area (Å²) in [6.07, 6.45) is 4.06. The summed E-state index contributed by atoms with van der Waals surface area (Å²) < 4.78 is 0. The molecule has 0 saturated heterocycles. The summed E-state index contributed by atoms with van der Waals surface area (Å²) in [5, 5.41) is 11.8. The number of carboxylic acid groups (broad SMARTS) is 1. The first-order chi connectivity index (χ1) is 7.59. The number of hydrogen-bond donors (Lipinski definition) is 2. The molecule has 2 aliphatic carbocycles. The molecule has 0 bridgehead atoms. The van der Waals surface area contributed by atoms with Crippen LogP contribution in [0.2, 0.25) is 0 Å². The van der Waals surface area contributed by atoms with Crippen LogP contribution < -0.4 is 5.32 Å². The average molecular weight is 226 g/mol. The van der Waals surface area contributed by atoms with Crippen molar-refractivity contribution in [2.24, 2.45) is 5.92 Å². The number of amides is 1. The fourth-order valence-corrected chi connectivity index (χ4v) is 1.87. The van der Waals surface area contributed by atoms with Gasteiger partial charge in [0, 0.05) is 13.1 Å². The predicted molar refractivity (Wildman–Crippen MR) is 57.9 cm³/mol. The molecule has 0 radical (unpaired) electrons. The Morgan fingerprint density at radius 3 is 2.44 bits per heavy atom. The summed E-state index contributed by atoms with van der Waals surface area (Å²) >= 11 is 0. The molecule has 1 unspecified atom stereocenters.